The van der Waals surface area contributed by atoms with Gasteiger partial charge < -0.3 is 33.9 Å². The van der Waals surface area contributed by atoms with Gasteiger partial charge in [-0.15, -0.1) is 0 Å². The molecule has 0 aromatic heterocycles. The molecule has 1 N–H and O–H groups in total. The number of likely N-dealkylation sites (tertiary alicyclic amines) is 1. The van der Waals surface area contributed by atoms with Crippen LogP contribution in [0.3, 0.4) is 0 Å². The fourth-order valence-corrected chi connectivity index (χ4v) is 14.4. The Bertz CT molecular complexity index is 1610. The van der Waals surface area contributed by atoms with E-state index in [4.69, 9.17) is 23.7 Å². The number of methoxy groups -OCH3 is 1. The van der Waals surface area contributed by atoms with Crippen molar-refractivity contribution in [2.24, 2.45) is 46.3 Å². The number of hydrogen-bond donors (Lipinski definition) is 1. The Kier molecular flexibility index (Phi) is 27.6. The van der Waals surface area contributed by atoms with Crippen molar-refractivity contribution < 1.29 is 38.1 Å². The summed E-state index contributed by atoms with van der Waals surface area (Å²) in [5, 5.41) is 2.78. The van der Waals surface area contributed by atoms with E-state index in [-0.39, 0.29) is 43.7 Å². The molecule has 5 aliphatic rings. The molecule has 414 valence electrons. The fraction of sp³-hybridized carbons (Fsp3) is 0.887. The molecule has 3 saturated carbocycles. The maximum absolute atomic E-state index is 13.5. The van der Waals surface area contributed by atoms with Gasteiger partial charge in [-0.2, -0.15) is 0 Å². The number of hydrogen-bond acceptors (Lipinski definition) is 9. The number of fused-ring (bicyclic) bond motifs is 5. The van der Waals surface area contributed by atoms with Gasteiger partial charge in [-0.05, 0) is 156 Å². The highest BCUT2D eigenvalue weighted by molar-refractivity contribution is 5.82. The zero-order valence-electron chi connectivity index (χ0n) is 47.3. The molecule has 4 aliphatic carbocycles. The second kappa shape index (κ2) is 32.9. The maximum Gasteiger partial charge on any atom is 0.408 e. The smallest absolute Gasteiger partial charge is 0.408 e. The monoisotopic (exact) mass is 1010 g/mol. The zero-order chi connectivity index (χ0) is 51.6. The van der Waals surface area contributed by atoms with Crippen molar-refractivity contribution in [2.75, 3.05) is 53.2 Å². The van der Waals surface area contributed by atoms with E-state index in [9.17, 15) is 14.4 Å². The average Bonchev–Trinajstić information content (AvgIpc) is 3.73. The highest BCUT2D eigenvalue weighted by atomic mass is 16.6. The molecule has 5 rings (SSSR count). The predicted octanol–water partition coefficient (Wildman–Crippen LogP) is 14.9. The summed E-state index contributed by atoms with van der Waals surface area (Å²) in [6.45, 7) is 19.1. The predicted molar refractivity (Wildman–Crippen MR) is 293 cm³/mol. The van der Waals surface area contributed by atoms with E-state index >= 15 is 0 Å². The number of carbonyl (C=O) groups excluding carboxylic acids is 3. The molecule has 0 aromatic rings. The van der Waals surface area contributed by atoms with Gasteiger partial charge >= 0.3 is 18.0 Å². The molecule has 10 heteroatoms. The van der Waals surface area contributed by atoms with Crippen LogP contribution < -0.4 is 5.32 Å². The molecule has 0 spiro atoms. The topological polar surface area (TPSA) is 113 Å². The number of alkyl carbamates (subject to hydrolysis) is 1. The third kappa shape index (κ3) is 19.6. The normalized spacial score (nSPS) is 27.6. The van der Waals surface area contributed by atoms with Crippen LogP contribution in [0, 0.1) is 46.3 Å². The summed E-state index contributed by atoms with van der Waals surface area (Å²) in [6.07, 6.45) is 41.1. The summed E-state index contributed by atoms with van der Waals surface area (Å²) in [5.41, 5.74) is 2.04. The summed E-state index contributed by atoms with van der Waals surface area (Å²) in [5.74, 6) is 3.59. The van der Waals surface area contributed by atoms with Gasteiger partial charge in [0.25, 0.3) is 0 Å². The van der Waals surface area contributed by atoms with Gasteiger partial charge in [0.2, 0.25) is 0 Å². The molecule has 4 fully saturated rings. The third-order valence-corrected chi connectivity index (χ3v) is 18.7. The molecule has 72 heavy (non-hydrogen) atoms. The second-order valence-electron chi connectivity index (χ2n) is 24.4. The highest BCUT2D eigenvalue weighted by Crippen LogP contribution is 2.67. The van der Waals surface area contributed by atoms with Crippen molar-refractivity contribution in [3.8, 4) is 0 Å². The Hall–Kier alpha value is -2.43. The van der Waals surface area contributed by atoms with Crippen LogP contribution in [0.1, 0.15) is 234 Å². The van der Waals surface area contributed by atoms with Crippen molar-refractivity contribution in [2.45, 2.75) is 252 Å². The lowest BCUT2D eigenvalue weighted by molar-refractivity contribution is -0.149. The van der Waals surface area contributed by atoms with Gasteiger partial charge in [-0.25, -0.2) is 9.59 Å². The molecular formula is C62H108N2O8. The van der Waals surface area contributed by atoms with E-state index < -0.39 is 24.1 Å². The first-order chi connectivity index (χ1) is 34.9. The number of unbranched alkanes of at least 4 members (excludes halogenated alkanes) is 12. The quantitative estimate of drug-likeness (QED) is 0.0287. The number of nitrogens with one attached hydrogen (secondary N) is 1. The van der Waals surface area contributed by atoms with Crippen LogP contribution in [-0.2, 0) is 33.3 Å². The lowest BCUT2D eigenvalue weighted by atomic mass is 9.47. The summed E-state index contributed by atoms with van der Waals surface area (Å²) in [4.78, 5) is 41.7. The van der Waals surface area contributed by atoms with E-state index in [2.05, 4.69) is 70.0 Å². The summed E-state index contributed by atoms with van der Waals surface area (Å²) in [7, 11) is 1.32. The molecule has 10 atom stereocenters. The molecule has 1 unspecified atom stereocenters. The number of carbonyl (C=O) groups is 3. The van der Waals surface area contributed by atoms with E-state index in [0.717, 1.165) is 87.9 Å². The summed E-state index contributed by atoms with van der Waals surface area (Å²) < 4.78 is 29.1. The van der Waals surface area contributed by atoms with Crippen LogP contribution in [-0.4, -0.2) is 94.4 Å². The van der Waals surface area contributed by atoms with Gasteiger partial charge in [0.05, 0.1) is 26.4 Å². The van der Waals surface area contributed by atoms with Crippen LogP contribution in [0.25, 0.3) is 0 Å². The molecule has 0 aromatic carbocycles. The Labute approximate surface area is 440 Å². The van der Waals surface area contributed by atoms with Crippen molar-refractivity contribution in [1.29, 1.82) is 0 Å². The third-order valence-electron chi connectivity index (χ3n) is 18.7. The minimum absolute atomic E-state index is 0.0329. The molecular weight excluding hydrogens is 901 g/mol. The first-order valence-electron chi connectivity index (χ1n) is 30.3. The van der Waals surface area contributed by atoms with E-state index in [1.165, 1.54) is 160 Å². The van der Waals surface area contributed by atoms with E-state index in [1.807, 2.05) is 0 Å². The van der Waals surface area contributed by atoms with Crippen LogP contribution in [0.15, 0.2) is 23.8 Å². The lowest BCUT2D eigenvalue weighted by Crippen LogP contribution is -2.51. The van der Waals surface area contributed by atoms with Crippen molar-refractivity contribution in [3.05, 3.63) is 23.8 Å². The number of piperidine rings is 1. The van der Waals surface area contributed by atoms with Crippen LogP contribution in [0.4, 0.5) is 4.79 Å². The first kappa shape index (κ1) is 60.4. The van der Waals surface area contributed by atoms with Gasteiger partial charge in [0.15, 0.2) is 0 Å². The molecule has 0 radical (unpaired) electrons. The summed E-state index contributed by atoms with van der Waals surface area (Å²) >= 11 is 0. The Morgan fingerprint density at radius 2 is 1.49 bits per heavy atom. The standard InChI is InChI=1S/C62H108N2O8/c1-8-9-10-11-12-13-14-15-16-17-18-19-20-21-22-26-42-69-47-52(46-64-40-24-23-25-41-64)70-43-44-71-59(66)57(34-35-58(65)68-7)63-60(67)72-51-36-38-61(5)50(45-51)30-31-53-55-33-32-54(49(4)29-27-28-48(2)3)62(55,6)39-37-56(53)61/h15-16,30,48-49,51-57H,8-14,17-29,31-47H2,1-7H3,(H,63,67)/b16-15-/t49-,51+,52?,53+,54-,55+,56+,57+,61+,62-/m1/s1. The minimum Gasteiger partial charge on any atom is -0.469 e. The number of allylic oxidation sites excluding steroid dienone is 3. The highest BCUT2D eigenvalue weighted by Gasteiger charge is 2.59. The molecule has 1 heterocycles. The Morgan fingerprint density at radius 1 is 0.778 bits per heavy atom. The van der Waals surface area contributed by atoms with Gasteiger partial charge in [0, 0.05) is 26.0 Å². The van der Waals surface area contributed by atoms with Crippen molar-refractivity contribution in [1.82, 2.24) is 10.2 Å². The SMILES string of the molecule is CCCCCCCC/C=C\CCCCCCCCOCC(CN1CCCCC1)OCCOC(=O)[C@H](CCC(=O)OC)NC(=O)O[C@H]1CC[C@@]2(C)C(=CC[C@H]3[C@@H]4CC[C@H]([C@H](C)CCCC(C)C)[C@@]4(C)CC[C@@H]32)C1. The average molecular weight is 1010 g/mol. The number of esters is 2. The van der Waals surface area contributed by atoms with E-state index in [1.54, 1.807) is 0 Å². The van der Waals surface area contributed by atoms with Crippen molar-refractivity contribution in [3.63, 3.8) is 0 Å². The minimum atomic E-state index is -1.05. The van der Waals surface area contributed by atoms with Gasteiger partial charge in [0.1, 0.15) is 18.8 Å². The molecule has 1 saturated heterocycles. The van der Waals surface area contributed by atoms with Gasteiger partial charge in [-0.3, -0.25) is 4.79 Å². The number of amides is 1. The lowest BCUT2D eigenvalue weighted by Gasteiger charge is -2.58. The largest absolute Gasteiger partial charge is 0.469 e. The first-order valence-corrected chi connectivity index (χ1v) is 30.3. The van der Waals surface area contributed by atoms with Crippen LogP contribution >= 0.6 is 0 Å². The molecule has 0 bridgehead atoms. The maximum atomic E-state index is 13.5. The fourth-order valence-electron chi connectivity index (χ4n) is 14.4. The Morgan fingerprint density at radius 3 is 2.19 bits per heavy atom. The second-order valence-corrected chi connectivity index (χ2v) is 24.4. The number of ether oxygens (including phenoxy) is 5. The summed E-state index contributed by atoms with van der Waals surface area (Å²) in [6, 6.07) is -1.05. The zero-order valence-corrected chi connectivity index (χ0v) is 47.3. The van der Waals surface area contributed by atoms with Gasteiger partial charge in [-0.1, -0.05) is 149 Å². The number of nitrogens with zero attached hydrogens (tertiary/aromatic N) is 1. The molecule has 1 aliphatic heterocycles. The number of rotatable bonds is 35. The molecule has 1 amide bonds. The molecule has 10 nitrogen and oxygen atoms in total. The Balaban J connectivity index is 1.01. The van der Waals surface area contributed by atoms with Crippen molar-refractivity contribution >= 4 is 18.0 Å². The van der Waals surface area contributed by atoms with E-state index in [0.29, 0.717) is 17.9 Å². The van der Waals surface area contributed by atoms with Crippen LogP contribution in [0.2, 0.25) is 0 Å². The van der Waals surface area contributed by atoms with Crippen LogP contribution in [0.5, 0.6) is 0 Å².